The third-order valence-electron chi connectivity index (χ3n) is 2.82. The Bertz CT molecular complexity index is 240. The smallest absolute Gasteiger partial charge is 0.0940 e. The highest BCUT2D eigenvalue weighted by molar-refractivity contribution is 7.09. The minimum absolute atomic E-state index is 0.288. The van der Waals surface area contributed by atoms with Gasteiger partial charge in [0.1, 0.15) is 0 Å². The Hall–Kier alpha value is -0.410. The minimum Gasteiger partial charge on any atom is -0.327 e. The average Bonchev–Trinajstić information content (AvgIpc) is 2.70. The summed E-state index contributed by atoms with van der Waals surface area (Å²) in [4.78, 5) is 4.30. The lowest BCUT2D eigenvalue weighted by Crippen LogP contribution is -2.32. The number of nitrogens with zero attached hydrogens (tertiary/aromatic N) is 1. The zero-order valence-corrected chi connectivity index (χ0v) is 10.6. The Morgan fingerprint density at radius 1 is 1.33 bits per heavy atom. The SMILES string of the molecule is CCCC(CCC)C(N)Cc1nccs1. The van der Waals surface area contributed by atoms with Crippen molar-refractivity contribution >= 4 is 11.3 Å². The molecule has 1 atom stereocenters. The summed E-state index contributed by atoms with van der Waals surface area (Å²) in [6, 6.07) is 0.288. The Labute approximate surface area is 96.9 Å². The van der Waals surface area contributed by atoms with Crippen LogP contribution in [0.25, 0.3) is 0 Å². The van der Waals surface area contributed by atoms with E-state index in [0.29, 0.717) is 5.92 Å². The van der Waals surface area contributed by atoms with Gasteiger partial charge in [-0.3, -0.25) is 0 Å². The van der Waals surface area contributed by atoms with E-state index in [1.165, 1.54) is 30.7 Å². The third-order valence-corrected chi connectivity index (χ3v) is 3.62. The molecular formula is C12H22N2S. The molecule has 0 aliphatic heterocycles. The monoisotopic (exact) mass is 226 g/mol. The number of nitrogens with two attached hydrogens (primary N) is 1. The molecule has 0 aliphatic rings. The molecule has 0 saturated heterocycles. The molecule has 0 spiro atoms. The molecule has 0 amide bonds. The molecule has 1 rings (SSSR count). The van der Waals surface area contributed by atoms with Crippen LogP contribution in [0, 0.1) is 5.92 Å². The second-order valence-electron chi connectivity index (χ2n) is 4.13. The summed E-state index contributed by atoms with van der Waals surface area (Å²) in [5.74, 6) is 0.670. The van der Waals surface area contributed by atoms with Gasteiger partial charge in [0.05, 0.1) is 5.01 Å². The summed E-state index contributed by atoms with van der Waals surface area (Å²) in [6.07, 6.45) is 7.77. The largest absolute Gasteiger partial charge is 0.327 e. The van der Waals surface area contributed by atoms with Crippen molar-refractivity contribution in [1.82, 2.24) is 4.98 Å². The van der Waals surface area contributed by atoms with E-state index in [9.17, 15) is 0 Å². The number of aromatic nitrogens is 1. The molecule has 1 aromatic rings. The van der Waals surface area contributed by atoms with Gasteiger partial charge in [-0.1, -0.05) is 26.7 Å². The molecule has 0 radical (unpaired) electrons. The van der Waals surface area contributed by atoms with Crippen LogP contribution in [0.2, 0.25) is 0 Å². The lowest BCUT2D eigenvalue weighted by molar-refractivity contribution is 0.359. The fraction of sp³-hybridized carbons (Fsp3) is 0.750. The quantitative estimate of drug-likeness (QED) is 0.775. The molecule has 1 aromatic heterocycles. The van der Waals surface area contributed by atoms with Gasteiger partial charge in [0.25, 0.3) is 0 Å². The van der Waals surface area contributed by atoms with Gasteiger partial charge in [0, 0.05) is 24.0 Å². The predicted octanol–water partition coefficient (Wildman–Crippen LogP) is 3.23. The molecule has 1 unspecified atom stereocenters. The number of rotatable bonds is 7. The highest BCUT2D eigenvalue weighted by Crippen LogP contribution is 2.20. The van der Waals surface area contributed by atoms with E-state index in [-0.39, 0.29) is 6.04 Å². The normalized spacial score (nSPS) is 13.3. The van der Waals surface area contributed by atoms with Crippen LogP contribution >= 0.6 is 11.3 Å². The van der Waals surface area contributed by atoms with E-state index in [4.69, 9.17) is 5.73 Å². The predicted molar refractivity (Wildman–Crippen MR) is 67.1 cm³/mol. The number of hydrogen-bond donors (Lipinski definition) is 1. The van der Waals surface area contributed by atoms with Gasteiger partial charge in [-0.2, -0.15) is 0 Å². The van der Waals surface area contributed by atoms with Crippen molar-refractivity contribution in [3.05, 3.63) is 16.6 Å². The first-order valence-electron chi connectivity index (χ1n) is 5.91. The van der Waals surface area contributed by atoms with Crippen LogP contribution in [0.3, 0.4) is 0 Å². The van der Waals surface area contributed by atoms with Crippen LogP contribution in [-0.4, -0.2) is 11.0 Å². The lowest BCUT2D eigenvalue weighted by atomic mass is 9.89. The fourth-order valence-corrected chi connectivity index (χ4v) is 2.73. The van der Waals surface area contributed by atoms with Gasteiger partial charge in [-0.15, -0.1) is 11.3 Å². The van der Waals surface area contributed by atoms with Gasteiger partial charge >= 0.3 is 0 Å². The third kappa shape index (κ3) is 4.31. The highest BCUT2D eigenvalue weighted by Gasteiger charge is 2.17. The van der Waals surface area contributed by atoms with Crippen molar-refractivity contribution in [2.24, 2.45) is 11.7 Å². The molecule has 0 fully saturated rings. The maximum absolute atomic E-state index is 6.25. The molecule has 86 valence electrons. The Kier molecular flexibility index (Phi) is 5.88. The zero-order chi connectivity index (χ0) is 11.1. The lowest BCUT2D eigenvalue weighted by Gasteiger charge is -2.22. The van der Waals surface area contributed by atoms with Crippen LogP contribution in [0.5, 0.6) is 0 Å². The second-order valence-corrected chi connectivity index (χ2v) is 5.11. The van der Waals surface area contributed by atoms with Crippen molar-refractivity contribution in [3.8, 4) is 0 Å². The van der Waals surface area contributed by atoms with E-state index in [0.717, 1.165) is 6.42 Å². The highest BCUT2D eigenvalue weighted by atomic mass is 32.1. The van der Waals surface area contributed by atoms with Gasteiger partial charge < -0.3 is 5.73 Å². The van der Waals surface area contributed by atoms with Crippen LogP contribution in [0.15, 0.2) is 11.6 Å². The van der Waals surface area contributed by atoms with E-state index in [1.807, 2.05) is 11.6 Å². The maximum Gasteiger partial charge on any atom is 0.0940 e. The summed E-state index contributed by atoms with van der Waals surface area (Å²) < 4.78 is 0. The second kappa shape index (κ2) is 6.96. The van der Waals surface area contributed by atoms with Gasteiger partial charge in [0.15, 0.2) is 0 Å². The number of hydrogen-bond acceptors (Lipinski definition) is 3. The van der Waals surface area contributed by atoms with Crippen LogP contribution in [-0.2, 0) is 6.42 Å². The van der Waals surface area contributed by atoms with Gasteiger partial charge in [0.2, 0.25) is 0 Å². The molecule has 0 bridgehead atoms. The molecule has 0 aliphatic carbocycles. The summed E-state index contributed by atoms with van der Waals surface area (Å²) >= 11 is 1.71. The Balaban J connectivity index is 2.44. The van der Waals surface area contributed by atoms with Crippen LogP contribution < -0.4 is 5.73 Å². The van der Waals surface area contributed by atoms with Crippen molar-refractivity contribution in [3.63, 3.8) is 0 Å². The molecule has 3 heteroatoms. The van der Waals surface area contributed by atoms with Crippen LogP contribution in [0.1, 0.15) is 44.5 Å². The minimum atomic E-state index is 0.288. The molecule has 0 aromatic carbocycles. The molecule has 2 N–H and O–H groups in total. The summed E-state index contributed by atoms with van der Waals surface area (Å²) in [6.45, 7) is 4.47. The summed E-state index contributed by atoms with van der Waals surface area (Å²) in [5.41, 5.74) is 6.25. The standard InChI is InChI=1S/C12H22N2S/c1-3-5-10(6-4-2)11(13)9-12-14-7-8-15-12/h7-8,10-11H,3-6,9,13H2,1-2H3. The molecule has 2 nitrogen and oxygen atoms in total. The molecular weight excluding hydrogens is 204 g/mol. The summed E-state index contributed by atoms with van der Waals surface area (Å²) in [5, 5.41) is 3.20. The van der Waals surface area contributed by atoms with E-state index in [2.05, 4.69) is 18.8 Å². The van der Waals surface area contributed by atoms with Crippen molar-refractivity contribution in [1.29, 1.82) is 0 Å². The first kappa shape index (κ1) is 12.7. The van der Waals surface area contributed by atoms with Crippen molar-refractivity contribution in [2.45, 2.75) is 52.0 Å². The van der Waals surface area contributed by atoms with Crippen LogP contribution in [0.4, 0.5) is 0 Å². The maximum atomic E-state index is 6.25. The van der Waals surface area contributed by atoms with E-state index >= 15 is 0 Å². The molecule has 15 heavy (non-hydrogen) atoms. The van der Waals surface area contributed by atoms with Crippen molar-refractivity contribution in [2.75, 3.05) is 0 Å². The van der Waals surface area contributed by atoms with Crippen molar-refractivity contribution < 1.29 is 0 Å². The summed E-state index contributed by atoms with van der Waals surface area (Å²) in [7, 11) is 0. The molecule has 0 saturated carbocycles. The van der Waals surface area contributed by atoms with Gasteiger partial charge in [-0.05, 0) is 18.8 Å². The topological polar surface area (TPSA) is 38.9 Å². The Morgan fingerprint density at radius 3 is 2.47 bits per heavy atom. The Morgan fingerprint density at radius 2 is 2.00 bits per heavy atom. The first-order valence-corrected chi connectivity index (χ1v) is 6.79. The fourth-order valence-electron chi connectivity index (χ4n) is 2.04. The van der Waals surface area contributed by atoms with E-state index in [1.54, 1.807) is 11.3 Å². The zero-order valence-electron chi connectivity index (χ0n) is 9.78. The van der Waals surface area contributed by atoms with E-state index < -0.39 is 0 Å². The molecule has 1 heterocycles. The van der Waals surface area contributed by atoms with Gasteiger partial charge in [-0.25, -0.2) is 4.98 Å². The first-order chi connectivity index (χ1) is 7.27. The average molecular weight is 226 g/mol. The number of thiazole rings is 1.